The number of ketones is 1. The number of hydrogen-bond donors (Lipinski definition) is 1. The molecule has 1 aliphatic heterocycles. The highest BCUT2D eigenvalue weighted by Gasteiger charge is 2.32. The number of amides is 1. The summed E-state index contributed by atoms with van der Waals surface area (Å²) in [4.78, 5) is 41.8. The van der Waals surface area contributed by atoms with Crippen LogP contribution in [0.5, 0.6) is 0 Å². The fourth-order valence-corrected chi connectivity index (χ4v) is 3.44. The molecule has 1 aromatic carbocycles. The number of hydrogen-bond acceptors (Lipinski definition) is 6. The van der Waals surface area contributed by atoms with E-state index in [1.807, 2.05) is 4.90 Å². The van der Waals surface area contributed by atoms with Crippen LogP contribution in [0.3, 0.4) is 0 Å². The Labute approximate surface area is 188 Å². The van der Waals surface area contributed by atoms with Crippen LogP contribution in [-0.4, -0.2) is 41.8 Å². The summed E-state index contributed by atoms with van der Waals surface area (Å²) >= 11 is 0. The van der Waals surface area contributed by atoms with Crippen molar-refractivity contribution in [3.8, 4) is 0 Å². The average molecular weight is 463 g/mol. The molecule has 3 rings (SSSR count). The van der Waals surface area contributed by atoms with Gasteiger partial charge >= 0.3 is 12.1 Å². The third-order valence-electron chi connectivity index (χ3n) is 5.45. The maximum absolute atomic E-state index is 12.7. The van der Waals surface area contributed by atoms with Crippen LogP contribution in [0.15, 0.2) is 42.6 Å². The van der Waals surface area contributed by atoms with E-state index in [-0.39, 0.29) is 5.78 Å². The van der Waals surface area contributed by atoms with Crippen molar-refractivity contribution in [3.63, 3.8) is 0 Å². The summed E-state index contributed by atoms with van der Waals surface area (Å²) in [5.41, 5.74) is 0.183. The molecule has 1 aromatic heterocycles. The van der Waals surface area contributed by atoms with Crippen molar-refractivity contribution < 1.29 is 32.3 Å². The summed E-state index contributed by atoms with van der Waals surface area (Å²) in [5, 5.41) is 2.64. The molecule has 0 unspecified atom stereocenters. The molecular weight excluding hydrogens is 439 g/mol. The molecule has 0 spiro atoms. The van der Waals surface area contributed by atoms with Gasteiger partial charge in [-0.3, -0.25) is 14.4 Å². The van der Waals surface area contributed by atoms with Crippen LogP contribution in [0.1, 0.15) is 42.6 Å². The number of carbonyl (C=O) groups is 3. The number of nitrogens with zero attached hydrogens (tertiary/aromatic N) is 2. The maximum atomic E-state index is 12.7. The second-order valence-electron chi connectivity index (χ2n) is 7.87. The predicted molar refractivity (Wildman–Crippen MR) is 115 cm³/mol. The first-order valence-electron chi connectivity index (χ1n) is 10.4. The molecule has 0 bridgehead atoms. The van der Waals surface area contributed by atoms with E-state index in [0.717, 1.165) is 12.3 Å². The van der Waals surface area contributed by atoms with Crippen LogP contribution < -0.4 is 10.2 Å². The van der Waals surface area contributed by atoms with Gasteiger partial charge in [0.1, 0.15) is 5.82 Å². The van der Waals surface area contributed by atoms with Crippen molar-refractivity contribution in [3.05, 3.63) is 53.7 Å². The molecule has 33 heavy (non-hydrogen) atoms. The second-order valence-corrected chi connectivity index (χ2v) is 7.87. The molecule has 1 amide bonds. The Morgan fingerprint density at radius 3 is 2.24 bits per heavy atom. The van der Waals surface area contributed by atoms with E-state index >= 15 is 0 Å². The number of esters is 1. The molecule has 10 heteroatoms. The lowest BCUT2D eigenvalue weighted by Crippen LogP contribution is -2.39. The fourth-order valence-electron chi connectivity index (χ4n) is 3.44. The number of piperidine rings is 1. The molecule has 1 saturated heterocycles. The predicted octanol–water partition coefficient (Wildman–Crippen LogP) is 4.09. The van der Waals surface area contributed by atoms with E-state index in [0.29, 0.717) is 43.0 Å². The van der Waals surface area contributed by atoms with Crippen LogP contribution in [0, 0.1) is 5.92 Å². The molecular formula is C23H24F3N3O4. The Morgan fingerprint density at radius 1 is 1.09 bits per heavy atom. The standard InChI is InChI=1S/C23H24F3N3O4/c1-14(30)16-3-6-19(7-4-16)28-21(31)15(2)33-22(32)17-9-11-29(12-10-17)20-8-5-18(13-27-20)23(24,25)26/h3-8,13,15,17H,9-12H2,1-2H3,(H,28,31)/t15-/m1/s1. The SMILES string of the molecule is CC(=O)c1ccc(NC(=O)[C@@H](C)OC(=O)C2CCN(c3ccc(C(F)(F)F)cn3)CC2)cc1. The average Bonchev–Trinajstić information content (AvgIpc) is 2.79. The van der Waals surface area contributed by atoms with E-state index in [9.17, 15) is 27.6 Å². The number of pyridine rings is 1. The normalized spacial score (nSPS) is 15.6. The van der Waals surface area contributed by atoms with Crippen molar-refractivity contribution in [2.24, 2.45) is 5.92 Å². The van der Waals surface area contributed by atoms with Gasteiger partial charge in [-0.25, -0.2) is 4.98 Å². The zero-order valence-electron chi connectivity index (χ0n) is 18.2. The second kappa shape index (κ2) is 10.0. The van der Waals surface area contributed by atoms with Crippen molar-refractivity contribution in [2.45, 2.75) is 39.0 Å². The summed E-state index contributed by atoms with van der Waals surface area (Å²) < 4.78 is 43.4. The van der Waals surface area contributed by atoms with Crippen LogP contribution in [0.4, 0.5) is 24.7 Å². The Morgan fingerprint density at radius 2 is 1.73 bits per heavy atom. The van der Waals surface area contributed by atoms with Crippen LogP contribution >= 0.6 is 0 Å². The van der Waals surface area contributed by atoms with Gasteiger partial charge in [-0.2, -0.15) is 13.2 Å². The number of aromatic nitrogens is 1. The zero-order chi connectivity index (χ0) is 24.2. The van der Waals surface area contributed by atoms with Gasteiger partial charge in [0.15, 0.2) is 11.9 Å². The van der Waals surface area contributed by atoms with Gasteiger partial charge in [0.2, 0.25) is 0 Å². The van der Waals surface area contributed by atoms with E-state index in [4.69, 9.17) is 4.74 Å². The lowest BCUT2D eigenvalue weighted by molar-refractivity contribution is -0.158. The minimum Gasteiger partial charge on any atom is -0.452 e. The highest BCUT2D eigenvalue weighted by atomic mass is 19.4. The van der Waals surface area contributed by atoms with Crippen molar-refractivity contribution in [1.82, 2.24) is 4.98 Å². The largest absolute Gasteiger partial charge is 0.452 e. The minimum absolute atomic E-state index is 0.0877. The van der Waals surface area contributed by atoms with E-state index in [2.05, 4.69) is 10.3 Å². The van der Waals surface area contributed by atoms with Crippen molar-refractivity contribution in [2.75, 3.05) is 23.3 Å². The topological polar surface area (TPSA) is 88.6 Å². The number of carbonyl (C=O) groups excluding carboxylic acids is 3. The third-order valence-corrected chi connectivity index (χ3v) is 5.45. The smallest absolute Gasteiger partial charge is 0.417 e. The summed E-state index contributed by atoms with van der Waals surface area (Å²) in [5.74, 6) is -1.08. The Balaban J connectivity index is 1.48. The minimum atomic E-state index is -4.44. The lowest BCUT2D eigenvalue weighted by atomic mass is 9.97. The molecule has 0 radical (unpaired) electrons. The fraction of sp³-hybridized carbons (Fsp3) is 0.391. The molecule has 1 fully saturated rings. The summed E-state index contributed by atoms with van der Waals surface area (Å²) in [6, 6.07) is 8.66. The molecule has 0 saturated carbocycles. The first-order chi connectivity index (χ1) is 15.5. The molecule has 1 N–H and O–H groups in total. The molecule has 176 valence electrons. The van der Waals surface area contributed by atoms with Crippen LogP contribution in [0.2, 0.25) is 0 Å². The number of rotatable bonds is 6. The number of benzene rings is 1. The summed E-state index contributed by atoms with van der Waals surface area (Å²) in [6.07, 6.45) is -3.79. The van der Waals surface area contributed by atoms with Crippen LogP contribution in [0.25, 0.3) is 0 Å². The van der Waals surface area contributed by atoms with Gasteiger partial charge in [0.25, 0.3) is 5.91 Å². The molecule has 1 atom stereocenters. The quantitative estimate of drug-likeness (QED) is 0.513. The summed E-state index contributed by atoms with van der Waals surface area (Å²) in [6.45, 7) is 3.78. The molecule has 2 aromatic rings. The Kier molecular flexibility index (Phi) is 7.35. The summed E-state index contributed by atoms with van der Waals surface area (Å²) in [7, 11) is 0. The van der Waals surface area contributed by atoms with E-state index < -0.39 is 35.6 Å². The number of nitrogens with one attached hydrogen (secondary N) is 1. The molecule has 1 aliphatic rings. The monoisotopic (exact) mass is 463 g/mol. The first kappa shape index (κ1) is 24.2. The van der Waals surface area contributed by atoms with Gasteiger partial charge in [0, 0.05) is 30.5 Å². The Bertz CT molecular complexity index is 999. The molecule has 7 nitrogen and oxygen atoms in total. The Hall–Kier alpha value is -3.43. The van der Waals surface area contributed by atoms with Gasteiger partial charge in [-0.1, -0.05) is 0 Å². The number of alkyl halides is 3. The van der Waals surface area contributed by atoms with Gasteiger partial charge in [-0.05, 0) is 63.1 Å². The van der Waals surface area contributed by atoms with E-state index in [1.54, 1.807) is 24.3 Å². The van der Waals surface area contributed by atoms with Gasteiger partial charge in [-0.15, -0.1) is 0 Å². The lowest BCUT2D eigenvalue weighted by Gasteiger charge is -2.32. The first-order valence-corrected chi connectivity index (χ1v) is 10.4. The van der Waals surface area contributed by atoms with Crippen molar-refractivity contribution in [1.29, 1.82) is 0 Å². The molecule has 2 heterocycles. The molecule has 0 aliphatic carbocycles. The van der Waals surface area contributed by atoms with Crippen LogP contribution in [-0.2, 0) is 20.5 Å². The maximum Gasteiger partial charge on any atom is 0.417 e. The van der Waals surface area contributed by atoms with Gasteiger partial charge in [0.05, 0.1) is 11.5 Å². The number of halogens is 3. The van der Waals surface area contributed by atoms with Crippen molar-refractivity contribution >= 4 is 29.2 Å². The number of ether oxygens (including phenoxy) is 1. The number of Topliss-reactive ketones (excluding diaryl/α,β-unsaturated/α-hetero) is 1. The van der Waals surface area contributed by atoms with E-state index in [1.165, 1.54) is 19.9 Å². The highest BCUT2D eigenvalue weighted by molar-refractivity contribution is 5.97. The highest BCUT2D eigenvalue weighted by Crippen LogP contribution is 2.30. The zero-order valence-corrected chi connectivity index (χ0v) is 18.2. The third kappa shape index (κ3) is 6.30. The van der Waals surface area contributed by atoms with Gasteiger partial charge < -0.3 is 15.0 Å². The number of anilines is 2.